The fourth-order valence-electron chi connectivity index (χ4n) is 2.78. The molecule has 0 spiro atoms. The molecule has 1 aliphatic rings. The van der Waals surface area contributed by atoms with Gasteiger partial charge in [0.2, 0.25) is 0 Å². The molecule has 0 fully saturated rings. The Kier molecular flexibility index (Phi) is 5.21. The van der Waals surface area contributed by atoms with Crippen LogP contribution >= 0.6 is 23.1 Å². The smallest absolute Gasteiger partial charge is 0.316 e. The Bertz CT molecular complexity index is 712. The second kappa shape index (κ2) is 7.18. The van der Waals surface area contributed by atoms with E-state index in [1.807, 2.05) is 13.8 Å². The number of hydrogen-bond donors (Lipinski definition) is 0. The van der Waals surface area contributed by atoms with Crippen LogP contribution in [0.2, 0.25) is 0 Å². The summed E-state index contributed by atoms with van der Waals surface area (Å²) in [5.74, 6) is 1.24. The zero-order valence-corrected chi connectivity index (χ0v) is 15.4. The highest BCUT2D eigenvalue weighted by Gasteiger charge is 2.23. The summed E-state index contributed by atoms with van der Waals surface area (Å²) in [4.78, 5) is 23.2. The van der Waals surface area contributed by atoms with E-state index in [-0.39, 0.29) is 5.97 Å². The Morgan fingerprint density at radius 2 is 2.30 bits per heavy atom. The highest BCUT2D eigenvalue weighted by atomic mass is 32.2. The van der Waals surface area contributed by atoms with Gasteiger partial charge in [-0.1, -0.05) is 32.5 Å². The van der Waals surface area contributed by atoms with Gasteiger partial charge in [-0.2, -0.15) is 0 Å². The number of hydrogen-bond acceptors (Lipinski definition) is 6. The van der Waals surface area contributed by atoms with Gasteiger partial charge in [-0.25, -0.2) is 9.97 Å². The second-order valence-electron chi connectivity index (χ2n) is 6.58. The van der Waals surface area contributed by atoms with Crippen LogP contribution in [0.5, 0.6) is 0 Å². The SMILES string of the molecule is CC(C)COC(=O)CSc1ncnc2sc3c(c12)CCC(C)C3. The Hall–Kier alpha value is -1.14. The molecule has 3 rings (SSSR count). The number of carbonyl (C=O) groups is 1. The molecular weight excluding hydrogens is 328 g/mol. The molecule has 0 bridgehead atoms. The maximum absolute atomic E-state index is 11.8. The van der Waals surface area contributed by atoms with Gasteiger partial charge in [0.15, 0.2) is 0 Å². The zero-order valence-electron chi connectivity index (χ0n) is 13.8. The van der Waals surface area contributed by atoms with Gasteiger partial charge >= 0.3 is 5.97 Å². The molecule has 124 valence electrons. The Balaban J connectivity index is 1.77. The van der Waals surface area contributed by atoms with E-state index in [0.29, 0.717) is 18.3 Å². The van der Waals surface area contributed by atoms with Crippen molar-refractivity contribution in [2.45, 2.75) is 45.1 Å². The molecule has 0 aromatic carbocycles. The lowest BCUT2D eigenvalue weighted by Gasteiger charge is -2.18. The number of thioether (sulfide) groups is 1. The molecule has 0 amide bonds. The number of aromatic nitrogens is 2. The summed E-state index contributed by atoms with van der Waals surface area (Å²) in [6, 6.07) is 0. The first-order valence-corrected chi connectivity index (χ1v) is 9.88. The molecule has 0 aliphatic heterocycles. The first-order valence-electron chi connectivity index (χ1n) is 8.08. The minimum Gasteiger partial charge on any atom is -0.465 e. The van der Waals surface area contributed by atoms with Gasteiger partial charge in [-0.3, -0.25) is 4.79 Å². The quantitative estimate of drug-likeness (QED) is 0.461. The maximum atomic E-state index is 11.8. The number of fused-ring (bicyclic) bond motifs is 3. The van der Waals surface area contributed by atoms with Gasteiger partial charge in [0, 0.05) is 10.3 Å². The molecule has 0 N–H and O–H groups in total. The lowest BCUT2D eigenvalue weighted by Crippen LogP contribution is -2.12. The summed E-state index contributed by atoms with van der Waals surface area (Å²) < 4.78 is 5.24. The van der Waals surface area contributed by atoms with Crippen LogP contribution in [0.15, 0.2) is 11.4 Å². The minimum atomic E-state index is -0.173. The first-order chi connectivity index (χ1) is 11.0. The third-order valence-electron chi connectivity index (χ3n) is 3.96. The third kappa shape index (κ3) is 3.86. The normalized spacial score (nSPS) is 17.5. The number of nitrogens with zero attached hydrogens (tertiary/aromatic N) is 2. The largest absolute Gasteiger partial charge is 0.465 e. The standard InChI is InChI=1S/C17H22N2O2S2/c1-10(2)7-21-14(20)8-22-16-15-12-5-4-11(3)6-13(12)23-17(15)19-9-18-16/h9-11H,4-8H2,1-3H3. The number of ether oxygens (including phenoxy) is 1. The van der Waals surface area contributed by atoms with E-state index in [1.54, 1.807) is 17.7 Å². The van der Waals surface area contributed by atoms with Crippen molar-refractivity contribution in [2.24, 2.45) is 11.8 Å². The van der Waals surface area contributed by atoms with Crippen LogP contribution in [-0.4, -0.2) is 28.3 Å². The molecule has 4 nitrogen and oxygen atoms in total. The Morgan fingerprint density at radius 1 is 1.48 bits per heavy atom. The van der Waals surface area contributed by atoms with Crippen LogP contribution in [-0.2, 0) is 22.4 Å². The van der Waals surface area contributed by atoms with Gasteiger partial charge in [-0.05, 0) is 36.7 Å². The Morgan fingerprint density at radius 3 is 3.09 bits per heavy atom. The molecule has 1 unspecified atom stereocenters. The summed E-state index contributed by atoms with van der Waals surface area (Å²) in [7, 11) is 0. The van der Waals surface area contributed by atoms with Crippen molar-refractivity contribution in [1.82, 2.24) is 9.97 Å². The average Bonchev–Trinajstić information content (AvgIpc) is 2.88. The highest BCUT2D eigenvalue weighted by Crippen LogP contribution is 2.40. The van der Waals surface area contributed by atoms with E-state index >= 15 is 0 Å². The van der Waals surface area contributed by atoms with Gasteiger partial charge in [0.25, 0.3) is 0 Å². The van der Waals surface area contributed by atoms with Crippen LogP contribution in [0.25, 0.3) is 10.2 Å². The number of thiophene rings is 1. The average molecular weight is 351 g/mol. The van der Waals surface area contributed by atoms with Crippen molar-refractivity contribution >= 4 is 39.3 Å². The number of carbonyl (C=O) groups excluding carboxylic acids is 1. The van der Waals surface area contributed by atoms with Gasteiger partial charge in [0.05, 0.1) is 12.4 Å². The fraction of sp³-hybridized carbons (Fsp3) is 0.588. The zero-order chi connectivity index (χ0) is 16.4. The predicted molar refractivity (Wildman–Crippen MR) is 95.1 cm³/mol. The molecule has 2 aromatic rings. The van der Waals surface area contributed by atoms with E-state index in [9.17, 15) is 4.79 Å². The van der Waals surface area contributed by atoms with Crippen molar-refractivity contribution in [3.63, 3.8) is 0 Å². The van der Waals surface area contributed by atoms with Crippen molar-refractivity contribution in [3.05, 3.63) is 16.8 Å². The molecule has 0 radical (unpaired) electrons. The molecule has 1 atom stereocenters. The summed E-state index contributed by atoms with van der Waals surface area (Å²) in [6.45, 7) is 6.85. The summed E-state index contributed by atoms with van der Waals surface area (Å²) in [6.07, 6.45) is 5.05. The lowest BCUT2D eigenvalue weighted by atomic mass is 9.89. The fourth-order valence-corrected chi connectivity index (χ4v) is 5.02. The van der Waals surface area contributed by atoms with Gasteiger partial charge in [0.1, 0.15) is 16.2 Å². The number of aryl methyl sites for hydroxylation is 1. The van der Waals surface area contributed by atoms with Crippen molar-refractivity contribution in [3.8, 4) is 0 Å². The predicted octanol–water partition coefficient (Wildman–Crippen LogP) is 4.11. The Labute approximate surface area is 145 Å². The van der Waals surface area contributed by atoms with E-state index in [0.717, 1.165) is 28.6 Å². The van der Waals surface area contributed by atoms with Crippen LogP contribution in [0.3, 0.4) is 0 Å². The molecule has 1 aliphatic carbocycles. The van der Waals surface area contributed by atoms with Crippen LogP contribution in [0.4, 0.5) is 0 Å². The third-order valence-corrected chi connectivity index (χ3v) is 6.09. The molecule has 2 aromatic heterocycles. The maximum Gasteiger partial charge on any atom is 0.316 e. The highest BCUT2D eigenvalue weighted by molar-refractivity contribution is 8.00. The molecule has 6 heteroatoms. The molecule has 2 heterocycles. The van der Waals surface area contributed by atoms with Crippen LogP contribution < -0.4 is 0 Å². The van der Waals surface area contributed by atoms with E-state index in [4.69, 9.17) is 4.74 Å². The monoisotopic (exact) mass is 350 g/mol. The number of rotatable bonds is 5. The van der Waals surface area contributed by atoms with Crippen molar-refractivity contribution in [2.75, 3.05) is 12.4 Å². The lowest BCUT2D eigenvalue weighted by molar-refractivity contribution is -0.141. The summed E-state index contributed by atoms with van der Waals surface area (Å²) in [5.41, 5.74) is 1.40. The molecule has 23 heavy (non-hydrogen) atoms. The van der Waals surface area contributed by atoms with Gasteiger partial charge < -0.3 is 4.74 Å². The second-order valence-corrected chi connectivity index (χ2v) is 8.62. The number of esters is 1. The van der Waals surface area contributed by atoms with E-state index in [1.165, 1.54) is 34.0 Å². The minimum absolute atomic E-state index is 0.173. The topological polar surface area (TPSA) is 52.1 Å². The summed E-state index contributed by atoms with van der Waals surface area (Å²) >= 11 is 3.25. The van der Waals surface area contributed by atoms with Crippen LogP contribution in [0, 0.1) is 11.8 Å². The summed E-state index contributed by atoms with van der Waals surface area (Å²) in [5, 5.41) is 2.09. The van der Waals surface area contributed by atoms with E-state index in [2.05, 4.69) is 16.9 Å². The van der Waals surface area contributed by atoms with Crippen molar-refractivity contribution < 1.29 is 9.53 Å². The van der Waals surface area contributed by atoms with Gasteiger partial charge in [-0.15, -0.1) is 11.3 Å². The molecule has 0 saturated carbocycles. The van der Waals surface area contributed by atoms with Crippen LogP contribution in [0.1, 0.15) is 37.6 Å². The van der Waals surface area contributed by atoms with Crippen molar-refractivity contribution in [1.29, 1.82) is 0 Å². The molecular formula is C17H22N2O2S2. The van der Waals surface area contributed by atoms with E-state index < -0.39 is 0 Å². The first kappa shape index (κ1) is 16.7. The molecule has 0 saturated heterocycles.